The van der Waals surface area contributed by atoms with Crippen molar-refractivity contribution in [2.45, 2.75) is 37.6 Å². The van der Waals surface area contributed by atoms with Gasteiger partial charge in [-0.1, -0.05) is 41.6 Å². The van der Waals surface area contributed by atoms with Crippen molar-refractivity contribution in [3.63, 3.8) is 0 Å². The number of benzene rings is 1. The predicted octanol–water partition coefficient (Wildman–Crippen LogP) is 3.24. The molecule has 1 heterocycles. The molecule has 1 aliphatic heterocycles. The first kappa shape index (κ1) is 22.6. The van der Waals surface area contributed by atoms with Crippen LogP contribution in [0.5, 0.6) is 0 Å². The van der Waals surface area contributed by atoms with E-state index in [4.69, 9.17) is 16.3 Å². The molecule has 0 N–H and O–H groups in total. The van der Waals surface area contributed by atoms with Crippen molar-refractivity contribution in [3.05, 3.63) is 34.9 Å². The first-order valence-corrected chi connectivity index (χ1v) is 11.3. The molecule has 1 atom stereocenters. The van der Waals surface area contributed by atoms with E-state index in [-0.39, 0.29) is 24.0 Å². The summed E-state index contributed by atoms with van der Waals surface area (Å²) in [5.41, 5.74) is -0.553. The molecule has 2 fully saturated rings. The lowest BCUT2D eigenvalue weighted by atomic mass is 9.74. The number of hydrogen-bond acceptors (Lipinski definition) is 6. The van der Waals surface area contributed by atoms with Gasteiger partial charge in [0.15, 0.2) is 12.4 Å². The molecule has 7 nitrogen and oxygen atoms in total. The highest BCUT2D eigenvalue weighted by Gasteiger charge is 2.48. The zero-order valence-electron chi connectivity index (χ0n) is 16.9. The van der Waals surface area contributed by atoms with E-state index < -0.39 is 24.0 Å². The summed E-state index contributed by atoms with van der Waals surface area (Å²) in [4.78, 5) is 52.5. The van der Waals surface area contributed by atoms with E-state index in [0.29, 0.717) is 30.0 Å². The van der Waals surface area contributed by atoms with Crippen molar-refractivity contribution in [2.75, 3.05) is 32.5 Å². The van der Waals surface area contributed by atoms with Gasteiger partial charge in [-0.3, -0.25) is 19.2 Å². The molecule has 0 radical (unpaired) electrons. The van der Waals surface area contributed by atoms with E-state index in [2.05, 4.69) is 0 Å². The van der Waals surface area contributed by atoms with Gasteiger partial charge in [-0.05, 0) is 25.3 Å². The van der Waals surface area contributed by atoms with Crippen LogP contribution in [0, 0.1) is 0 Å². The largest absolute Gasteiger partial charge is 0.456 e. The lowest BCUT2D eigenvalue weighted by Crippen LogP contribution is -2.55. The zero-order valence-corrected chi connectivity index (χ0v) is 18.5. The molecule has 2 amide bonds. The van der Waals surface area contributed by atoms with Gasteiger partial charge in [0, 0.05) is 42.9 Å². The first-order valence-electron chi connectivity index (χ1n) is 9.98. The number of esters is 1. The highest BCUT2D eigenvalue weighted by Crippen LogP contribution is 2.42. The summed E-state index contributed by atoms with van der Waals surface area (Å²) in [7, 11) is 1.56. The molecule has 1 unspecified atom stereocenters. The molecule has 9 heteroatoms. The quantitative estimate of drug-likeness (QED) is 0.590. The molecule has 1 aliphatic carbocycles. The van der Waals surface area contributed by atoms with Crippen LogP contribution in [0.15, 0.2) is 24.3 Å². The molecule has 0 aromatic heterocycles. The molecule has 2 aliphatic rings. The van der Waals surface area contributed by atoms with E-state index in [0.717, 1.165) is 18.6 Å². The van der Waals surface area contributed by atoms with E-state index in [9.17, 15) is 19.2 Å². The Labute approximate surface area is 185 Å². The number of rotatable bonds is 7. The number of halogens is 1. The predicted molar refractivity (Wildman–Crippen MR) is 114 cm³/mol. The number of carbonyl (C=O) groups is 4. The fraction of sp³-hybridized carbons (Fsp3) is 0.524. The number of Topliss-reactive ketones (excluding diaryl/α,β-unsaturated/α-hetero) is 1. The summed E-state index contributed by atoms with van der Waals surface area (Å²) in [6, 6.07) is 7.05. The Morgan fingerprint density at radius 3 is 2.70 bits per heavy atom. The van der Waals surface area contributed by atoms with E-state index in [1.54, 1.807) is 36.2 Å². The SMILES string of the molecule is CN(C(=O)COC(=O)CCN1CCSC1=O)C1(c2ccccc2Cl)CCCCC1=O. The Morgan fingerprint density at radius 2 is 2.03 bits per heavy atom. The summed E-state index contributed by atoms with van der Waals surface area (Å²) in [6.45, 7) is 0.426. The molecule has 3 rings (SSSR count). The average Bonchev–Trinajstić information content (AvgIpc) is 3.15. The van der Waals surface area contributed by atoms with Gasteiger partial charge in [-0.15, -0.1) is 0 Å². The standard InChI is InChI=1S/C21H25ClN2O5S/c1-23(18(26)14-29-19(27)9-11-24-12-13-30-20(24)28)21(10-5-4-8-17(21)25)15-6-2-3-7-16(15)22/h2-3,6-7H,4-5,8-14H2,1H3. The number of likely N-dealkylation sites (N-methyl/N-ethyl adjacent to an activating group) is 1. The summed E-state index contributed by atoms with van der Waals surface area (Å²) >= 11 is 7.62. The van der Waals surface area contributed by atoms with Gasteiger partial charge in [0.05, 0.1) is 6.42 Å². The lowest BCUT2D eigenvalue weighted by molar-refractivity contribution is -0.157. The molecular weight excluding hydrogens is 428 g/mol. The highest BCUT2D eigenvalue weighted by molar-refractivity contribution is 8.13. The third-order valence-electron chi connectivity index (χ3n) is 5.71. The molecule has 0 spiro atoms. The molecule has 162 valence electrons. The van der Waals surface area contributed by atoms with E-state index in [1.807, 2.05) is 0 Å². The minimum absolute atomic E-state index is 0.0257. The van der Waals surface area contributed by atoms with Crippen LogP contribution in [0.25, 0.3) is 0 Å². The number of amides is 2. The third-order valence-corrected chi connectivity index (χ3v) is 6.93. The van der Waals surface area contributed by atoms with Crippen molar-refractivity contribution in [1.29, 1.82) is 0 Å². The molecule has 1 aromatic carbocycles. The van der Waals surface area contributed by atoms with Gasteiger partial charge in [-0.25, -0.2) is 0 Å². The van der Waals surface area contributed by atoms with Crippen LogP contribution in [-0.2, 0) is 24.7 Å². The summed E-state index contributed by atoms with van der Waals surface area (Å²) in [6.07, 6.45) is 2.43. The van der Waals surface area contributed by atoms with Crippen molar-refractivity contribution < 1.29 is 23.9 Å². The monoisotopic (exact) mass is 452 g/mol. The van der Waals surface area contributed by atoms with E-state index >= 15 is 0 Å². The maximum Gasteiger partial charge on any atom is 0.308 e. The average molecular weight is 453 g/mol. The Morgan fingerprint density at radius 1 is 1.27 bits per heavy atom. The fourth-order valence-corrected chi connectivity index (χ4v) is 5.15. The number of ketones is 1. The number of hydrogen-bond donors (Lipinski definition) is 0. The summed E-state index contributed by atoms with van der Waals surface area (Å²) in [5.74, 6) is -0.362. The molecule has 1 aromatic rings. The second-order valence-electron chi connectivity index (χ2n) is 7.44. The minimum atomic E-state index is -1.15. The minimum Gasteiger partial charge on any atom is -0.456 e. The van der Waals surface area contributed by atoms with Gasteiger partial charge in [0.25, 0.3) is 11.1 Å². The number of ether oxygens (including phenoxy) is 1. The number of thioether (sulfide) groups is 1. The van der Waals surface area contributed by atoms with Gasteiger partial charge in [0.1, 0.15) is 5.54 Å². The van der Waals surface area contributed by atoms with Crippen molar-refractivity contribution >= 4 is 46.3 Å². The highest BCUT2D eigenvalue weighted by atomic mass is 35.5. The second kappa shape index (κ2) is 9.83. The Hall–Kier alpha value is -2.06. The molecule has 1 saturated carbocycles. The maximum absolute atomic E-state index is 13.0. The van der Waals surface area contributed by atoms with Crippen molar-refractivity contribution in [1.82, 2.24) is 9.80 Å². The van der Waals surface area contributed by atoms with Crippen LogP contribution in [0.4, 0.5) is 4.79 Å². The van der Waals surface area contributed by atoms with Crippen molar-refractivity contribution in [3.8, 4) is 0 Å². The smallest absolute Gasteiger partial charge is 0.308 e. The van der Waals surface area contributed by atoms with E-state index in [1.165, 1.54) is 16.7 Å². The van der Waals surface area contributed by atoms with Crippen LogP contribution in [0.2, 0.25) is 5.02 Å². The van der Waals surface area contributed by atoms with Gasteiger partial charge >= 0.3 is 5.97 Å². The fourth-order valence-electron chi connectivity index (χ4n) is 4.01. The molecular formula is C21H25ClN2O5S. The number of carbonyl (C=O) groups excluding carboxylic acids is 4. The van der Waals surface area contributed by atoms with Crippen LogP contribution >= 0.6 is 23.4 Å². The summed E-state index contributed by atoms with van der Waals surface area (Å²) in [5, 5.41) is 0.383. The normalized spacial score (nSPS) is 21.6. The topological polar surface area (TPSA) is 84.0 Å². The van der Waals surface area contributed by atoms with Gasteiger partial charge in [0.2, 0.25) is 0 Å². The third kappa shape index (κ3) is 4.64. The Kier molecular flexibility index (Phi) is 7.41. The van der Waals surface area contributed by atoms with Gasteiger partial charge in [-0.2, -0.15) is 0 Å². The van der Waals surface area contributed by atoms with Crippen molar-refractivity contribution in [2.24, 2.45) is 0 Å². The van der Waals surface area contributed by atoms with Crippen LogP contribution < -0.4 is 0 Å². The van der Waals surface area contributed by atoms with Crippen LogP contribution in [0.1, 0.15) is 37.7 Å². The second-order valence-corrected chi connectivity index (χ2v) is 8.89. The number of nitrogens with zero attached hydrogens (tertiary/aromatic N) is 2. The molecule has 0 bridgehead atoms. The Balaban J connectivity index is 1.66. The molecule has 30 heavy (non-hydrogen) atoms. The first-order chi connectivity index (χ1) is 14.4. The van der Waals surface area contributed by atoms with Gasteiger partial charge < -0.3 is 14.5 Å². The molecule has 1 saturated heterocycles. The maximum atomic E-state index is 13.0. The zero-order chi connectivity index (χ0) is 21.7. The lowest BCUT2D eigenvalue weighted by Gasteiger charge is -2.43. The summed E-state index contributed by atoms with van der Waals surface area (Å²) < 4.78 is 5.14. The van der Waals surface area contributed by atoms with Crippen LogP contribution in [0.3, 0.4) is 0 Å². The Bertz CT molecular complexity index is 848. The van der Waals surface area contributed by atoms with Crippen LogP contribution in [-0.4, -0.2) is 65.2 Å².